The fourth-order valence-corrected chi connectivity index (χ4v) is 3.24. The number of rotatable bonds is 0. The lowest BCUT2D eigenvalue weighted by Gasteiger charge is -2.19. The largest absolute Gasteiger partial charge is 0.508 e. The van der Waals surface area contributed by atoms with E-state index in [2.05, 4.69) is 0 Å². The molecule has 0 bridgehead atoms. The molecule has 0 amide bonds. The molecular formula is C9H9NO5S. The molecule has 6 nitrogen and oxygen atoms in total. The van der Waals surface area contributed by atoms with Crippen molar-refractivity contribution in [2.24, 2.45) is 5.73 Å². The third kappa shape index (κ3) is 1.20. The van der Waals surface area contributed by atoms with Crippen LogP contribution in [0.2, 0.25) is 0 Å². The second-order valence-corrected chi connectivity index (χ2v) is 5.09. The summed E-state index contributed by atoms with van der Waals surface area (Å²) in [4.78, 5) is 0. The molecule has 0 spiro atoms. The van der Waals surface area contributed by atoms with Crippen LogP contribution in [-0.4, -0.2) is 19.6 Å². The number of hydrogen-bond acceptors (Lipinski definition) is 6. The van der Waals surface area contributed by atoms with Gasteiger partial charge in [-0.15, -0.1) is 0 Å². The van der Waals surface area contributed by atoms with Crippen molar-refractivity contribution in [1.82, 2.24) is 0 Å². The number of phenolic OH excluding ortho intramolecular Hbond substituents is 1. The van der Waals surface area contributed by atoms with Crippen molar-refractivity contribution in [3.63, 3.8) is 0 Å². The first-order chi connectivity index (χ1) is 7.41. The van der Waals surface area contributed by atoms with Gasteiger partial charge < -0.3 is 5.11 Å². The molecule has 1 heterocycles. The van der Waals surface area contributed by atoms with Crippen molar-refractivity contribution >= 4 is 10.4 Å². The number of benzene rings is 1. The minimum Gasteiger partial charge on any atom is -0.508 e. The molecule has 0 aromatic heterocycles. The molecule has 1 fully saturated rings. The van der Waals surface area contributed by atoms with Gasteiger partial charge in [0.2, 0.25) is 0 Å². The Morgan fingerprint density at radius 1 is 1.50 bits per heavy atom. The normalized spacial score (nSPS) is 34.7. The molecule has 1 aromatic rings. The van der Waals surface area contributed by atoms with Crippen molar-refractivity contribution in [3.05, 3.63) is 29.3 Å². The Hall–Kier alpha value is -1.15. The van der Waals surface area contributed by atoms with Crippen LogP contribution in [0, 0.1) is 0 Å². The van der Waals surface area contributed by atoms with Gasteiger partial charge in [-0.25, -0.2) is 8.37 Å². The van der Waals surface area contributed by atoms with Gasteiger partial charge in [0.15, 0.2) is 5.72 Å². The summed E-state index contributed by atoms with van der Waals surface area (Å²) >= 11 is 0. The van der Waals surface area contributed by atoms with E-state index in [1.807, 2.05) is 0 Å². The molecule has 0 radical (unpaired) electrons. The summed E-state index contributed by atoms with van der Waals surface area (Å²) in [5.41, 5.74) is 5.65. The zero-order valence-corrected chi connectivity index (χ0v) is 8.90. The predicted octanol–water partition coefficient (Wildman–Crippen LogP) is -0.280. The molecular weight excluding hydrogens is 234 g/mol. The second-order valence-electron chi connectivity index (χ2n) is 3.92. The molecule has 2 aliphatic rings. The van der Waals surface area contributed by atoms with Crippen LogP contribution in [0.15, 0.2) is 18.2 Å². The van der Waals surface area contributed by atoms with Crippen LogP contribution >= 0.6 is 0 Å². The van der Waals surface area contributed by atoms with Crippen molar-refractivity contribution in [2.75, 3.05) is 0 Å². The maximum Gasteiger partial charge on any atom is 0.402 e. The Kier molecular flexibility index (Phi) is 1.72. The number of fused-ring (bicyclic) bond motifs is 3. The molecule has 1 aromatic carbocycles. The predicted molar refractivity (Wildman–Crippen MR) is 52.6 cm³/mol. The van der Waals surface area contributed by atoms with Gasteiger partial charge in [-0.2, -0.15) is 8.42 Å². The fraction of sp³-hybridized carbons (Fsp3) is 0.333. The summed E-state index contributed by atoms with van der Waals surface area (Å²) in [6, 6.07) is 4.59. The van der Waals surface area contributed by atoms with E-state index in [0.717, 1.165) is 5.56 Å². The molecule has 3 N–H and O–H groups in total. The van der Waals surface area contributed by atoms with Crippen LogP contribution in [0.4, 0.5) is 0 Å². The summed E-state index contributed by atoms with van der Waals surface area (Å²) in [6.07, 6.45) is -0.403. The van der Waals surface area contributed by atoms with Crippen LogP contribution < -0.4 is 5.73 Å². The summed E-state index contributed by atoms with van der Waals surface area (Å²) in [6.45, 7) is 0. The Bertz CT molecular complexity index is 569. The highest BCUT2D eigenvalue weighted by atomic mass is 32.3. The van der Waals surface area contributed by atoms with E-state index in [-0.39, 0.29) is 5.75 Å². The zero-order chi connectivity index (χ0) is 11.6. The molecule has 1 unspecified atom stereocenters. The first-order valence-corrected chi connectivity index (χ1v) is 5.99. The smallest absolute Gasteiger partial charge is 0.402 e. The minimum absolute atomic E-state index is 0.0112. The lowest BCUT2D eigenvalue weighted by molar-refractivity contribution is 0.0558. The molecule has 16 heavy (non-hydrogen) atoms. The van der Waals surface area contributed by atoms with Crippen molar-refractivity contribution < 1.29 is 21.9 Å². The molecule has 1 aliphatic heterocycles. The maximum atomic E-state index is 11.2. The van der Waals surface area contributed by atoms with E-state index in [1.54, 1.807) is 6.07 Å². The minimum atomic E-state index is -4.03. The van der Waals surface area contributed by atoms with Crippen LogP contribution in [0.3, 0.4) is 0 Å². The average Bonchev–Trinajstić information content (AvgIpc) is 2.52. The van der Waals surface area contributed by atoms with Crippen molar-refractivity contribution in [2.45, 2.75) is 18.2 Å². The summed E-state index contributed by atoms with van der Waals surface area (Å²) in [7, 11) is -4.03. The van der Waals surface area contributed by atoms with Gasteiger partial charge in [0.05, 0.1) is 0 Å². The average molecular weight is 243 g/mol. The molecule has 1 aliphatic carbocycles. The summed E-state index contributed by atoms with van der Waals surface area (Å²) < 4.78 is 31.8. The Balaban J connectivity index is 2.18. The van der Waals surface area contributed by atoms with Crippen molar-refractivity contribution in [3.8, 4) is 5.75 Å². The highest BCUT2D eigenvalue weighted by Gasteiger charge is 2.56. The molecule has 86 valence electrons. The van der Waals surface area contributed by atoms with E-state index in [4.69, 9.17) is 14.1 Å². The lowest BCUT2D eigenvalue weighted by Crippen LogP contribution is -2.42. The van der Waals surface area contributed by atoms with Crippen LogP contribution in [0.25, 0.3) is 0 Å². The SMILES string of the molecule is N[C@@]12OS(=O)(=O)OC1Cc1ccc(O)cc12. The highest BCUT2D eigenvalue weighted by Crippen LogP contribution is 2.45. The van der Waals surface area contributed by atoms with Gasteiger partial charge >= 0.3 is 10.4 Å². The molecule has 7 heteroatoms. The number of nitrogens with two attached hydrogens (primary N) is 1. The van der Waals surface area contributed by atoms with Gasteiger partial charge in [0.1, 0.15) is 11.9 Å². The Labute approximate surface area is 91.9 Å². The Morgan fingerprint density at radius 3 is 3.00 bits per heavy atom. The number of hydrogen-bond donors (Lipinski definition) is 2. The monoisotopic (exact) mass is 243 g/mol. The summed E-state index contributed by atoms with van der Waals surface area (Å²) in [5.74, 6) is 0.0112. The van der Waals surface area contributed by atoms with Crippen LogP contribution in [-0.2, 0) is 30.9 Å². The zero-order valence-electron chi connectivity index (χ0n) is 8.08. The van der Waals surface area contributed by atoms with E-state index < -0.39 is 22.2 Å². The topological polar surface area (TPSA) is 98.9 Å². The number of phenols is 1. The fourth-order valence-electron chi connectivity index (χ4n) is 2.17. The van der Waals surface area contributed by atoms with Gasteiger partial charge in [-0.1, -0.05) is 6.07 Å². The van der Waals surface area contributed by atoms with Gasteiger partial charge in [0.25, 0.3) is 0 Å². The number of aromatic hydroxyl groups is 1. The summed E-state index contributed by atoms with van der Waals surface area (Å²) in [5, 5.41) is 9.36. The molecule has 0 saturated carbocycles. The Morgan fingerprint density at radius 2 is 2.25 bits per heavy atom. The van der Waals surface area contributed by atoms with Crippen molar-refractivity contribution in [1.29, 1.82) is 0 Å². The second kappa shape index (κ2) is 2.75. The standard InChI is InChI=1S/C9H9NO5S/c10-9-7-4-6(11)2-1-5(7)3-8(9)14-16(12,13)15-9/h1-2,4,8,11H,3,10H2/t8?,9-/m0/s1. The van der Waals surface area contributed by atoms with Gasteiger partial charge in [-0.05, 0) is 17.7 Å². The van der Waals surface area contributed by atoms with Crippen LogP contribution in [0.5, 0.6) is 5.75 Å². The molecule has 3 rings (SSSR count). The quantitative estimate of drug-likeness (QED) is 0.650. The first kappa shape index (κ1) is 10.0. The lowest BCUT2D eigenvalue weighted by atomic mass is 10.0. The van der Waals surface area contributed by atoms with E-state index in [0.29, 0.717) is 12.0 Å². The molecule has 2 atom stereocenters. The maximum absolute atomic E-state index is 11.2. The van der Waals surface area contributed by atoms with E-state index in [1.165, 1.54) is 12.1 Å². The van der Waals surface area contributed by atoms with E-state index >= 15 is 0 Å². The van der Waals surface area contributed by atoms with E-state index in [9.17, 15) is 13.5 Å². The third-order valence-corrected chi connectivity index (χ3v) is 3.82. The third-order valence-electron chi connectivity index (χ3n) is 2.87. The molecule has 1 saturated heterocycles. The highest BCUT2D eigenvalue weighted by molar-refractivity contribution is 7.82. The first-order valence-electron chi connectivity index (χ1n) is 4.66. The van der Waals surface area contributed by atoms with Gasteiger partial charge in [-0.3, -0.25) is 5.73 Å². The van der Waals surface area contributed by atoms with Gasteiger partial charge in [0, 0.05) is 12.0 Å². The van der Waals surface area contributed by atoms with Crippen LogP contribution in [0.1, 0.15) is 11.1 Å².